The highest BCUT2D eigenvalue weighted by Gasteiger charge is 2.24. The van der Waals surface area contributed by atoms with Gasteiger partial charge in [-0.15, -0.1) is 0 Å². The summed E-state index contributed by atoms with van der Waals surface area (Å²) in [5.41, 5.74) is 2.65. The maximum Gasteiger partial charge on any atom is 0.0669 e. The van der Waals surface area contributed by atoms with Crippen LogP contribution in [-0.2, 0) is 13.5 Å². The van der Waals surface area contributed by atoms with Crippen molar-refractivity contribution in [3.05, 3.63) is 17.5 Å². The maximum atomic E-state index is 4.53. The molecule has 0 amide bonds. The predicted molar refractivity (Wildman–Crippen MR) is 66.3 cm³/mol. The minimum absolute atomic E-state index is 0.494. The van der Waals surface area contributed by atoms with Crippen LogP contribution >= 0.6 is 0 Å². The summed E-state index contributed by atoms with van der Waals surface area (Å²) < 4.78 is 1.94. The standard InChI is InChI=1S/C13H23N3/c1-4-12-11(9-16(3)15-12)13(14-2)8-10-6-5-7-10/h9-10,13-14H,4-8H2,1-3H3. The Morgan fingerprint density at radius 1 is 1.56 bits per heavy atom. The van der Waals surface area contributed by atoms with Crippen molar-refractivity contribution in [2.24, 2.45) is 13.0 Å². The molecule has 1 aromatic heterocycles. The summed E-state index contributed by atoms with van der Waals surface area (Å²) in [6.45, 7) is 2.18. The van der Waals surface area contributed by atoms with E-state index in [0.717, 1.165) is 12.3 Å². The van der Waals surface area contributed by atoms with Gasteiger partial charge in [-0.25, -0.2) is 0 Å². The fourth-order valence-corrected chi connectivity index (χ4v) is 2.58. The predicted octanol–water partition coefficient (Wildman–Crippen LogP) is 2.43. The Hall–Kier alpha value is -0.830. The first kappa shape index (κ1) is 11.6. The summed E-state index contributed by atoms with van der Waals surface area (Å²) in [4.78, 5) is 0. The molecule has 16 heavy (non-hydrogen) atoms. The van der Waals surface area contributed by atoms with Crippen LogP contribution in [0.3, 0.4) is 0 Å². The number of aryl methyl sites for hydroxylation is 2. The van der Waals surface area contributed by atoms with Gasteiger partial charge in [-0.05, 0) is 25.8 Å². The van der Waals surface area contributed by atoms with Crippen LogP contribution in [-0.4, -0.2) is 16.8 Å². The molecule has 1 unspecified atom stereocenters. The van der Waals surface area contributed by atoms with E-state index in [0.29, 0.717) is 6.04 Å². The van der Waals surface area contributed by atoms with Gasteiger partial charge >= 0.3 is 0 Å². The third kappa shape index (κ3) is 2.29. The first-order valence-electron chi connectivity index (χ1n) is 6.44. The molecule has 3 nitrogen and oxygen atoms in total. The zero-order chi connectivity index (χ0) is 11.5. The normalized spacial score (nSPS) is 18.4. The summed E-state index contributed by atoms with van der Waals surface area (Å²) in [5, 5.41) is 7.98. The molecule has 0 aromatic carbocycles. The number of aromatic nitrogens is 2. The first-order chi connectivity index (χ1) is 7.74. The monoisotopic (exact) mass is 221 g/mol. The van der Waals surface area contributed by atoms with Gasteiger partial charge < -0.3 is 5.32 Å². The molecule has 1 N–H and O–H groups in total. The van der Waals surface area contributed by atoms with Crippen molar-refractivity contribution < 1.29 is 0 Å². The zero-order valence-corrected chi connectivity index (χ0v) is 10.7. The highest BCUT2D eigenvalue weighted by atomic mass is 15.3. The number of hydrogen-bond acceptors (Lipinski definition) is 2. The molecule has 0 radical (unpaired) electrons. The van der Waals surface area contributed by atoms with Gasteiger partial charge in [0.05, 0.1) is 5.69 Å². The molecule has 1 heterocycles. The van der Waals surface area contributed by atoms with Gasteiger partial charge in [0.15, 0.2) is 0 Å². The van der Waals surface area contributed by atoms with Crippen LogP contribution in [0.1, 0.15) is 49.9 Å². The molecule has 0 saturated heterocycles. The number of rotatable bonds is 5. The number of nitrogens with one attached hydrogen (secondary N) is 1. The van der Waals surface area contributed by atoms with Crippen molar-refractivity contribution in [3.63, 3.8) is 0 Å². The topological polar surface area (TPSA) is 29.9 Å². The van der Waals surface area contributed by atoms with Crippen molar-refractivity contribution >= 4 is 0 Å². The second-order valence-electron chi connectivity index (χ2n) is 4.93. The molecule has 0 bridgehead atoms. The van der Waals surface area contributed by atoms with E-state index in [1.807, 2.05) is 11.7 Å². The molecule has 1 fully saturated rings. The Kier molecular flexibility index (Phi) is 3.64. The van der Waals surface area contributed by atoms with E-state index in [1.54, 1.807) is 0 Å². The lowest BCUT2D eigenvalue weighted by molar-refractivity contribution is 0.265. The molecular formula is C13H23N3. The molecule has 0 spiro atoms. The van der Waals surface area contributed by atoms with Gasteiger partial charge in [-0.3, -0.25) is 4.68 Å². The average molecular weight is 221 g/mol. The van der Waals surface area contributed by atoms with E-state index < -0.39 is 0 Å². The highest BCUT2D eigenvalue weighted by Crippen LogP contribution is 2.35. The lowest BCUT2D eigenvalue weighted by atomic mass is 9.79. The van der Waals surface area contributed by atoms with E-state index in [9.17, 15) is 0 Å². The highest BCUT2D eigenvalue weighted by molar-refractivity contribution is 5.21. The smallest absolute Gasteiger partial charge is 0.0669 e. The summed E-state index contributed by atoms with van der Waals surface area (Å²) in [6.07, 6.45) is 8.74. The Morgan fingerprint density at radius 2 is 2.31 bits per heavy atom. The van der Waals surface area contributed by atoms with E-state index >= 15 is 0 Å². The maximum absolute atomic E-state index is 4.53. The van der Waals surface area contributed by atoms with E-state index in [4.69, 9.17) is 0 Å². The van der Waals surface area contributed by atoms with Gasteiger partial charge in [0.2, 0.25) is 0 Å². The van der Waals surface area contributed by atoms with Crippen LogP contribution in [0.4, 0.5) is 0 Å². The van der Waals surface area contributed by atoms with Crippen LogP contribution in [0.5, 0.6) is 0 Å². The molecular weight excluding hydrogens is 198 g/mol. The molecule has 1 saturated carbocycles. The SMILES string of the molecule is CCc1nn(C)cc1C(CC1CCC1)NC. The van der Waals surface area contributed by atoms with Crippen molar-refractivity contribution in [2.75, 3.05) is 7.05 Å². The first-order valence-corrected chi connectivity index (χ1v) is 6.44. The zero-order valence-electron chi connectivity index (χ0n) is 10.7. The van der Waals surface area contributed by atoms with Gasteiger partial charge in [0, 0.05) is 24.8 Å². The lowest BCUT2D eigenvalue weighted by Crippen LogP contribution is -2.23. The second kappa shape index (κ2) is 5.00. The van der Waals surface area contributed by atoms with Gasteiger partial charge in [-0.1, -0.05) is 26.2 Å². The van der Waals surface area contributed by atoms with Crippen molar-refractivity contribution in [1.82, 2.24) is 15.1 Å². The van der Waals surface area contributed by atoms with E-state index in [1.165, 1.54) is 36.9 Å². The molecule has 0 aliphatic heterocycles. The summed E-state index contributed by atoms with van der Waals surface area (Å²) in [6, 6.07) is 0.494. The average Bonchev–Trinajstić information content (AvgIpc) is 2.58. The fourth-order valence-electron chi connectivity index (χ4n) is 2.58. The van der Waals surface area contributed by atoms with Crippen molar-refractivity contribution in [2.45, 2.75) is 45.1 Å². The Bertz CT molecular complexity index is 339. The lowest BCUT2D eigenvalue weighted by Gasteiger charge is -2.29. The fraction of sp³-hybridized carbons (Fsp3) is 0.769. The number of nitrogens with zero attached hydrogens (tertiary/aromatic N) is 2. The van der Waals surface area contributed by atoms with Crippen LogP contribution in [0.15, 0.2) is 6.20 Å². The molecule has 1 atom stereocenters. The van der Waals surface area contributed by atoms with Crippen molar-refractivity contribution in [1.29, 1.82) is 0 Å². The molecule has 1 aliphatic rings. The van der Waals surface area contributed by atoms with Crippen LogP contribution < -0.4 is 5.32 Å². The Morgan fingerprint density at radius 3 is 2.81 bits per heavy atom. The molecule has 1 aromatic rings. The van der Waals surface area contributed by atoms with Gasteiger partial charge in [0.1, 0.15) is 0 Å². The van der Waals surface area contributed by atoms with Crippen LogP contribution in [0.25, 0.3) is 0 Å². The third-order valence-corrected chi connectivity index (χ3v) is 3.79. The Labute approximate surface area is 98.2 Å². The summed E-state index contributed by atoms with van der Waals surface area (Å²) >= 11 is 0. The summed E-state index contributed by atoms with van der Waals surface area (Å²) in [7, 11) is 4.08. The third-order valence-electron chi connectivity index (χ3n) is 3.79. The van der Waals surface area contributed by atoms with Gasteiger partial charge in [-0.2, -0.15) is 5.10 Å². The minimum atomic E-state index is 0.494. The molecule has 1 aliphatic carbocycles. The molecule has 90 valence electrons. The number of hydrogen-bond donors (Lipinski definition) is 1. The minimum Gasteiger partial charge on any atom is -0.313 e. The van der Waals surface area contributed by atoms with Crippen LogP contribution in [0.2, 0.25) is 0 Å². The quantitative estimate of drug-likeness (QED) is 0.827. The summed E-state index contributed by atoms with van der Waals surface area (Å²) in [5.74, 6) is 0.933. The van der Waals surface area contributed by atoms with E-state index in [2.05, 4.69) is 30.6 Å². The molecule has 2 rings (SSSR count). The van der Waals surface area contributed by atoms with E-state index in [-0.39, 0.29) is 0 Å². The van der Waals surface area contributed by atoms with Crippen LogP contribution in [0, 0.1) is 5.92 Å². The molecule has 3 heteroatoms. The van der Waals surface area contributed by atoms with Gasteiger partial charge in [0.25, 0.3) is 0 Å². The largest absolute Gasteiger partial charge is 0.313 e. The Balaban J connectivity index is 2.10. The second-order valence-corrected chi connectivity index (χ2v) is 4.93. The van der Waals surface area contributed by atoms with Crippen molar-refractivity contribution in [3.8, 4) is 0 Å².